The summed E-state index contributed by atoms with van der Waals surface area (Å²) in [5, 5.41) is 11.1. The Hall–Kier alpha value is -2.37. The van der Waals surface area contributed by atoms with Gasteiger partial charge >= 0.3 is 5.97 Å². The zero-order chi connectivity index (χ0) is 15.1. The molecule has 20 heavy (non-hydrogen) atoms. The van der Waals surface area contributed by atoms with Crippen LogP contribution in [0.1, 0.15) is 29.6 Å². The largest absolute Gasteiger partial charge is 0.481 e. The van der Waals surface area contributed by atoms with Crippen molar-refractivity contribution in [2.75, 3.05) is 19.4 Å². The van der Waals surface area contributed by atoms with Gasteiger partial charge in [-0.25, -0.2) is 0 Å². The first kappa shape index (κ1) is 15.7. The molecule has 2 N–H and O–H groups in total. The molecule has 0 spiro atoms. The van der Waals surface area contributed by atoms with Gasteiger partial charge in [0.2, 0.25) is 5.91 Å². The van der Waals surface area contributed by atoms with Crippen molar-refractivity contribution < 1.29 is 19.5 Å². The lowest BCUT2D eigenvalue weighted by Gasteiger charge is -2.11. The molecule has 0 saturated heterocycles. The number of hydrogen-bond acceptors (Lipinski definition) is 3. The summed E-state index contributed by atoms with van der Waals surface area (Å²) in [6, 6.07) is 6.63. The number of nitrogens with one attached hydrogen (secondary N) is 1. The minimum Gasteiger partial charge on any atom is -0.481 e. The van der Waals surface area contributed by atoms with Crippen LogP contribution in [0.15, 0.2) is 24.3 Å². The number of amides is 2. The first-order chi connectivity index (χ1) is 9.40. The highest BCUT2D eigenvalue weighted by atomic mass is 16.4. The van der Waals surface area contributed by atoms with Crippen LogP contribution in [0.25, 0.3) is 0 Å². The van der Waals surface area contributed by atoms with Crippen molar-refractivity contribution in [2.24, 2.45) is 0 Å². The van der Waals surface area contributed by atoms with Crippen molar-refractivity contribution in [3.63, 3.8) is 0 Å². The van der Waals surface area contributed by atoms with Crippen molar-refractivity contribution in [1.82, 2.24) is 4.90 Å². The van der Waals surface area contributed by atoms with Crippen LogP contribution in [-0.2, 0) is 9.59 Å². The number of carboxylic acids is 1. The summed E-state index contributed by atoms with van der Waals surface area (Å²) in [6.07, 6.45) is 0.391. The number of anilines is 1. The first-order valence-electron chi connectivity index (χ1n) is 6.23. The number of carbonyl (C=O) groups is 3. The van der Waals surface area contributed by atoms with Gasteiger partial charge in [0.05, 0.1) is 0 Å². The monoisotopic (exact) mass is 278 g/mol. The molecular weight excluding hydrogens is 260 g/mol. The Morgan fingerprint density at radius 2 is 1.90 bits per heavy atom. The Morgan fingerprint density at radius 3 is 2.50 bits per heavy atom. The van der Waals surface area contributed by atoms with E-state index in [0.29, 0.717) is 11.3 Å². The lowest BCUT2D eigenvalue weighted by molar-refractivity contribution is -0.137. The van der Waals surface area contributed by atoms with Crippen LogP contribution < -0.4 is 5.32 Å². The molecule has 0 aliphatic heterocycles. The topological polar surface area (TPSA) is 86.7 Å². The molecule has 2 amide bonds. The molecule has 1 rings (SSSR count). The van der Waals surface area contributed by atoms with Crippen LogP contribution in [0.5, 0.6) is 0 Å². The summed E-state index contributed by atoms with van der Waals surface area (Å²) in [5.41, 5.74) is 1.01. The molecule has 0 aliphatic rings. The van der Waals surface area contributed by atoms with E-state index in [9.17, 15) is 14.4 Å². The molecule has 0 radical (unpaired) electrons. The highest BCUT2D eigenvalue weighted by molar-refractivity contribution is 5.97. The minimum absolute atomic E-state index is 0.0351. The van der Waals surface area contributed by atoms with Gasteiger partial charge in [-0.2, -0.15) is 0 Å². The fourth-order valence-corrected chi connectivity index (χ4v) is 1.61. The van der Waals surface area contributed by atoms with Crippen LogP contribution in [0.4, 0.5) is 5.69 Å². The van der Waals surface area contributed by atoms with E-state index in [-0.39, 0.29) is 31.1 Å². The Labute approximate surface area is 117 Å². The molecule has 6 heteroatoms. The maximum Gasteiger partial charge on any atom is 0.303 e. The number of benzene rings is 1. The molecule has 0 atom stereocenters. The van der Waals surface area contributed by atoms with Crippen LogP contribution in [0, 0.1) is 0 Å². The highest BCUT2D eigenvalue weighted by Gasteiger charge is 2.09. The van der Waals surface area contributed by atoms with Crippen molar-refractivity contribution in [1.29, 1.82) is 0 Å². The van der Waals surface area contributed by atoms with E-state index in [2.05, 4.69) is 5.32 Å². The molecule has 0 unspecified atom stereocenters. The summed E-state index contributed by atoms with van der Waals surface area (Å²) in [7, 11) is 3.30. The molecule has 0 saturated carbocycles. The Morgan fingerprint density at radius 1 is 1.20 bits per heavy atom. The lowest BCUT2D eigenvalue weighted by atomic mass is 10.1. The molecule has 0 bridgehead atoms. The van der Waals surface area contributed by atoms with Gasteiger partial charge in [0.1, 0.15) is 0 Å². The maximum absolute atomic E-state index is 11.8. The third kappa shape index (κ3) is 5.09. The van der Waals surface area contributed by atoms with E-state index in [4.69, 9.17) is 5.11 Å². The molecular formula is C14H18N2O4. The Bertz CT molecular complexity index is 512. The van der Waals surface area contributed by atoms with Gasteiger partial charge in [0.15, 0.2) is 0 Å². The first-order valence-corrected chi connectivity index (χ1v) is 6.23. The maximum atomic E-state index is 11.8. The van der Waals surface area contributed by atoms with Crippen LogP contribution >= 0.6 is 0 Å². The second-order valence-corrected chi connectivity index (χ2v) is 4.58. The predicted molar refractivity (Wildman–Crippen MR) is 74.6 cm³/mol. The predicted octanol–water partition coefficient (Wildman–Crippen LogP) is 1.58. The molecule has 0 aromatic heterocycles. The smallest absolute Gasteiger partial charge is 0.303 e. The van der Waals surface area contributed by atoms with Gasteiger partial charge in [-0.3, -0.25) is 14.4 Å². The zero-order valence-electron chi connectivity index (χ0n) is 11.5. The summed E-state index contributed by atoms with van der Waals surface area (Å²) in [4.78, 5) is 35.2. The highest BCUT2D eigenvalue weighted by Crippen LogP contribution is 2.12. The molecule has 0 fully saturated rings. The number of aliphatic carboxylic acids is 1. The second-order valence-electron chi connectivity index (χ2n) is 4.58. The SMILES string of the molecule is CN(C)C(=O)c1cccc(NC(=O)CCCC(=O)O)c1. The van der Waals surface area contributed by atoms with Gasteiger partial charge in [-0.1, -0.05) is 6.07 Å². The van der Waals surface area contributed by atoms with Gasteiger partial charge in [-0.15, -0.1) is 0 Å². The van der Waals surface area contributed by atoms with Gasteiger partial charge in [-0.05, 0) is 24.6 Å². The van der Waals surface area contributed by atoms with Gasteiger partial charge in [0, 0.05) is 38.2 Å². The van der Waals surface area contributed by atoms with Gasteiger partial charge in [0.25, 0.3) is 5.91 Å². The number of hydrogen-bond donors (Lipinski definition) is 2. The third-order valence-electron chi connectivity index (χ3n) is 2.59. The Kier molecular flexibility index (Phi) is 5.71. The van der Waals surface area contributed by atoms with Crippen molar-refractivity contribution in [3.05, 3.63) is 29.8 Å². The number of nitrogens with zero attached hydrogens (tertiary/aromatic N) is 1. The van der Waals surface area contributed by atoms with Crippen molar-refractivity contribution >= 4 is 23.5 Å². The quantitative estimate of drug-likeness (QED) is 0.827. The van der Waals surface area contributed by atoms with Crippen molar-refractivity contribution in [3.8, 4) is 0 Å². The van der Waals surface area contributed by atoms with Crippen LogP contribution in [0.3, 0.4) is 0 Å². The molecule has 6 nitrogen and oxygen atoms in total. The molecule has 108 valence electrons. The molecule has 1 aromatic carbocycles. The minimum atomic E-state index is -0.920. The van der Waals surface area contributed by atoms with E-state index in [1.54, 1.807) is 38.4 Å². The normalized spacial score (nSPS) is 9.90. The second kappa shape index (κ2) is 7.28. The summed E-state index contributed by atoms with van der Waals surface area (Å²) in [5.74, 6) is -1.33. The zero-order valence-corrected chi connectivity index (χ0v) is 11.5. The van der Waals surface area contributed by atoms with E-state index in [0.717, 1.165) is 0 Å². The fraction of sp³-hybridized carbons (Fsp3) is 0.357. The van der Waals surface area contributed by atoms with Crippen LogP contribution in [0.2, 0.25) is 0 Å². The average Bonchev–Trinajstić information content (AvgIpc) is 2.37. The fourth-order valence-electron chi connectivity index (χ4n) is 1.61. The number of carbonyl (C=O) groups excluding carboxylic acids is 2. The van der Waals surface area contributed by atoms with Gasteiger partial charge < -0.3 is 15.3 Å². The average molecular weight is 278 g/mol. The number of carboxylic acid groups (broad SMARTS) is 1. The van der Waals surface area contributed by atoms with E-state index < -0.39 is 5.97 Å². The van der Waals surface area contributed by atoms with E-state index in [1.165, 1.54) is 4.90 Å². The summed E-state index contributed by atoms with van der Waals surface area (Å²) < 4.78 is 0. The third-order valence-corrected chi connectivity index (χ3v) is 2.59. The standard InChI is InChI=1S/C14H18N2O4/c1-16(2)14(20)10-5-3-6-11(9-10)15-12(17)7-4-8-13(18)19/h3,5-6,9H,4,7-8H2,1-2H3,(H,15,17)(H,18,19). The van der Waals surface area contributed by atoms with E-state index in [1.807, 2.05) is 0 Å². The van der Waals surface area contributed by atoms with Crippen LogP contribution in [-0.4, -0.2) is 41.9 Å². The number of rotatable bonds is 6. The lowest BCUT2D eigenvalue weighted by Crippen LogP contribution is -2.21. The molecule has 0 heterocycles. The molecule has 0 aliphatic carbocycles. The summed E-state index contributed by atoms with van der Waals surface area (Å²) in [6.45, 7) is 0. The van der Waals surface area contributed by atoms with Crippen molar-refractivity contribution in [2.45, 2.75) is 19.3 Å². The van der Waals surface area contributed by atoms with E-state index >= 15 is 0 Å². The summed E-state index contributed by atoms with van der Waals surface area (Å²) >= 11 is 0. The Balaban J connectivity index is 2.60. The molecule has 1 aromatic rings.